The summed E-state index contributed by atoms with van der Waals surface area (Å²) in [6.07, 6.45) is -5.19. The van der Waals surface area contributed by atoms with Crippen molar-refractivity contribution in [3.8, 4) is 5.75 Å². The van der Waals surface area contributed by atoms with E-state index in [4.69, 9.17) is 14.0 Å². The van der Waals surface area contributed by atoms with E-state index in [9.17, 15) is 32.7 Å². The standard InChI is InChI=1S/C32H46F3N5O7/c1-19-16-40(20(2)18-41)30(43)25-15-24(36-28(42)12-13-32(33,34)35)10-11-26(25)46-21(3)9-7-8-14-45-27(19)17-39(6)31(44)37-29-22(4)38-47-23(29)5/h10-11,15,19-21,27,41H,7-9,12-14,16-18H2,1-6H3,(H,36,42)(H,37,44)/t19-,20+,21+,27-/m1/s1. The fourth-order valence-corrected chi connectivity index (χ4v) is 5.16. The molecule has 0 saturated carbocycles. The van der Waals surface area contributed by atoms with Crippen LogP contribution >= 0.6 is 0 Å². The molecule has 12 nitrogen and oxygen atoms in total. The van der Waals surface area contributed by atoms with Crippen LogP contribution in [0.1, 0.15) is 74.7 Å². The number of amides is 4. The van der Waals surface area contributed by atoms with Crippen LogP contribution in [0, 0.1) is 19.8 Å². The highest BCUT2D eigenvalue weighted by Gasteiger charge is 2.32. The number of aliphatic hydroxyl groups is 1. The van der Waals surface area contributed by atoms with Crippen LogP contribution in [-0.2, 0) is 9.53 Å². The predicted molar refractivity (Wildman–Crippen MR) is 168 cm³/mol. The molecule has 0 spiro atoms. The van der Waals surface area contributed by atoms with E-state index in [0.29, 0.717) is 30.2 Å². The summed E-state index contributed by atoms with van der Waals surface area (Å²) in [4.78, 5) is 42.5. The van der Waals surface area contributed by atoms with Gasteiger partial charge in [-0.3, -0.25) is 9.59 Å². The zero-order chi connectivity index (χ0) is 34.9. The highest BCUT2D eigenvalue weighted by atomic mass is 19.4. The number of nitrogens with one attached hydrogen (secondary N) is 2. The number of rotatable bonds is 8. The summed E-state index contributed by atoms with van der Waals surface area (Å²) in [5.74, 6) is -0.951. The number of ether oxygens (including phenoxy) is 2. The number of aryl methyl sites for hydroxylation is 2. The van der Waals surface area contributed by atoms with Crippen LogP contribution in [0.3, 0.4) is 0 Å². The van der Waals surface area contributed by atoms with Crippen LogP contribution < -0.4 is 15.4 Å². The maximum absolute atomic E-state index is 14.2. The molecule has 3 rings (SSSR count). The maximum atomic E-state index is 14.2. The molecule has 4 atom stereocenters. The molecular weight excluding hydrogens is 623 g/mol. The number of hydrogen-bond donors (Lipinski definition) is 3. The summed E-state index contributed by atoms with van der Waals surface area (Å²) in [6, 6.07) is 3.33. The molecule has 4 amide bonds. The Bertz CT molecular complexity index is 1350. The van der Waals surface area contributed by atoms with Gasteiger partial charge in [0.1, 0.15) is 17.1 Å². The first-order valence-electron chi connectivity index (χ1n) is 15.7. The lowest BCUT2D eigenvalue weighted by molar-refractivity contribution is -0.142. The second kappa shape index (κ2) is 16.8. The van der Waals surface area contributed by atoms with Gasteiger partial charge in [0.25, 0.3) is 5.91 Å². The molecule has 0 saturated heterocycles. The predicted octanol–water partition coefficient (Wildman–Crippen LogP) is 5.53. The number of anilines is 2. The summed E-state index contributed by atoms with van der Waals surface area (Å²) in [5, 5.41) is 19.2. The lowest BCUT2D eigenvalue weighted by atomic mass is 10.0. The van der Waals surface area contributed by atoms with Gasteiger partial charge in [-0.15, -0.1) is 0 Å². The maximum Gasteiger partial charge on any atom is 0.389 e. The highest BCUT2D eigenvalue weighted by molar-refractivity contribution is 5.99. The van der Waals surface area contributed by atoms with Gasteiger partial charge in [0.05, 0.1) is 36.8 Å². The number of nitrogens with zero attached hydrogens (tertiary/aromatic N) is 3. The van der Waals surface area contributed by atoms with Gasteiger partial charge >= 0.3 is 12.2 Å². The lowest BCUT2D eigenvalue weighted by Gasteiger charge is -2.35. The molecule has 0 fully saturated rings. The largest absolute Gasteiger partial charge is 0.490 e. The van der Waals surface area contributed by atoms with Gasteiger partial charge in [0.2, 0.25) is 5.91 Å². The third-order valence-electron chi connectivity index (χ3n) is 8.04. The van der Waals surface area contributed by atoms with Crippen molar-refractivity contribution in [2.75, 3.05) is 44.0 Å². The number of halogens is 3. The molecule has 1 aliphatic heterocycles. The SMILES string of the molecule is Cc1noc(C)c1NC(=O)N(C)C[C@H]1OCCCC[C@H](C)Oc2ccc(NC(=O)CCC(F)(F)F)cc2C(=O)N([C@@H](C)CO)C[C@H]1C. The number of fused-ring (bicyclic) bond motifs is 1. The fraction of sp³-hybridized carbons (Fsp3) is 0.625. The van der Waals surface area contributed by atoms with Crippen molar-refractivity contribution in [1.29, 1.82) is 0 Å². The summed E-state index contributed by atoms with van der Waals surface area (Å²) in [7, 11) is 1.63. The Balaban J connectivity index is 1.89. The van der Waals surface area contributed by atoms with Gasteiger partial charge in [-0.2, -0.15) is 13.2 Å². The van der Waals surface area contributed by atoms with E-state index in [1.54, 1.807) is 27.8 Å². The Kier molecular flexibility index (Phi) is 13.5. The molecule has 47 heavy (non-hydrogen) atoms. The first kappa shape index (κ1) is 37.6. The van der Waals surface area contributed by atoms with Crippen molar-refractivity contribution in [3.63, 3.8) is 0 Å². The molecule has 0 bridgehead atoms. The molecule has 1 aromatic carbocycles. The minimum atomic E-state index is -4.48. The van der Waals surface area contributed by atoms with Gasteiger partial charge in [0, 0.05) is 44.8 Å². The molecule has 1 aromatic heterocycles. The van der Waals surface area contributed by atoms with E-state index >= 15 is 0 Å². The third-order valence-corrected chi connectivity index (χ3v) is 8.04. The van der Waals surface area contributed by atoms with Gasteiger partial charge in [-0.05, 0) is 65.2 Å². The molecule has 262 valence electrons. The van der Waals surface area contributed by atoms with Gasteiger partial charge < -0.3 is 39.5 Å². The molecule has 3 N–H and O–H groups in total. The molecule has 0 unspecified atom stereocenters. The number of carbonyl (C=O) groups excluding carboxylic acids is 3. The smallest absolute Gasteiger partial charge is 0.389 e. The van der Waals surface area contributed by atoms with E-state index in [-0.39, 0.29) is 48.7 Å². The normalized spacial score (nSPS) is 20.4. The Morgan fingerprint density at radius 1 is 1.19 bits per heavy atom. The molecule has 2 heterocycles. The zero-order valence-corrected chi connectivity index (χ0v) is 27.8. The summed E-state index contributed by atoms with van der Waals surface area (Å²) in [5.41, 5.74) is 1.25. The fourth-order valence-electron chi connectivity index (χ4n) is 5.16. The molecular formula is C32H46F3N5O7. The summed E-state index contributed by atoms with van der Waals surface area (Å²) >= 11 is 0. The molecule has 2 aromatic rings. The van der Waals surface area contributed by atoms with Gasteiger partial charge in [-0.25, -0.2) is 4.79 Å². The van der Waals surface area contributed by atoms with E-state index in [1.807, 2.05) is 13.8 Å². The number of aliphatic hydroxyl groups excluding tert-OH is 1. The van der Waals surface area contributed by atoms with E-state index in [2.05, 4.69) is 15.8 Å². The number of benzene rings is 1. The Hall–Kier alpha value is -3.85. The van der Waals surface area contributed by atoms with Crippen LogP contribution in [0.4, 0.5) is 29.3 Å². The number of likely N-dealkylation sites (N-methyl/N-ethyl adjacent to an activating group) is 1. The second-order valence-electron chi connectivity index (χ2n) is 12.2. The number of carbonyl (C=O) groups is 3. The number of aromatic nitrogens is 1. The van der Waals surface area contributed by atoms with Crippen LogP contribution in [0.5, 0.6) is 5.75 Å². The molecule has 0 radical (unpaired) electrons. The summed E-state index contributed by atoms with van der Waals surface area (Å²) in [6.45, 7) is 9.22. The average molecular weight is 670 g/mol. The van der Waals surface area contributed by atoms with Crippen molar-refractivity contribution in [3.05, 3.63) is 35.2 Å². The van der Waals surface area contributed by atoms with E-state index in [1.165, 1.54) is 28.0 Å². The van der Waals surface area contributed by atoms with Crippen molar-refractivity contribution >= 4 is 29.2 Å². The van der Waals surface area contributed by atoms with Crippen molar-refractivity contribution in [2.45, 2.75) is 91.1 Å². The van der Waals surface area contributed by atoms with Crippen molar-refractivity contribution < 1.29 is 46.7 Å². The molecule has 0 aliphatic carbocycles. The third kappa shape index (κ3) is 11.1. The number of alkyl halides is 3. The van der Waals surface area contributed by atoms with E-state index in [0.717, 1.165) is 12.8 Å². The van der Waals surface area contributed by atoms with E-state index < -0.39 is 49.0 Å². The molecule has 1 aliphatic rings. The first-order valence-corrected chi connectivity index (χ1v) is 15.7. The van der Waals surface area contributed by atoms with Crippen LogP contribution in [0.25, 0.3) is 0 Å². The number of hydrogen-bond acceptors (Lipinski definition) is 8. The van der Waals surface area contributed by atoms with Crippen molar-refractivity contribution in [1.82, 2.24) is 15.0 Å². The van der Waals surface area contributed by atoms with Crippen LogP contribution in [0.15, 0.2) is 22.7 Å². The Labute approximate surface area is 272 Å². The quantitative estimate of drug-likeness (QED) is 0.333. The lowest BCUT2D eigenvalue weighted by Crippen LogP contribution is -2.48. The molecule has 15 heteroatoms. The second-order valence-corrected chi connectivity index (χ2v) is 12.2. The minimum Gasteiger partial charge on any atom is -0.490 e. The Morgan fingerprint density at radius 3 is 2.55 bits per heavy atom. The topological polar surface area (TPSA) is 146 Å². The van der Waals surface area contributed by atoms with Gasteiger partial charge in [-0.1, -0.05) is 12.1 Å². The monoisotopic (exact) mass is 669 g/mol. The van der Waals surface area contributed by atoms with Crippen LogP contribution in [0.2, 0.25) is 0 Å². The first-order chi connectivity index (χ1) is 22.1. The summed E-state index contributed by atoms with van der Waals surface area (Å²) < 4.78 is 55.6. The van der Waals surface area contributed by atoms with Gasteiger partial charge in [0.15, 0.2) is 5.76 Å². The Morgan fingerprint density at radius 2 is 1.91 bits per heavy atom. The number of urea groups is 1. The van der Waals surface area contributed by atoms with Crippen molar-refractivity contribution in [2.24, 2.45) is 5.92 Å². The average Bonchev–Trinajstić information content (AvgIpc) is 3.33. The zero-order valence-electron chi connectivity index (χ0n) is 27.8. The minimum absolute atomic E-state index is 0.0865. The highest BCUT2D eigenvalue weighted by Crippen LogP contribution is 2.29. The van der Waals surface area contributed by atoms with Crippen LogP contribution in [-0.4, -0.2) is 95.7 Å².